The van der Waals surface area contributed by atoms with E-state index in [1.807, 2.05) is 6.92 Å². The third-order valence-corrected chi connectivity index (χ3v) is 3.12. The monoisotopic (exact) mass is 210 g/mol. The zero-order valence-corrected chi connectivity index (χ0v) is 10.1. The summed E-state index contributed by atoms with van der Waals surface area (Å²) in [5, 5.41) is 0. The summed E-state index contributed by atoms with van der Waals surface area (Å²) >= 11 is 0. The van der Waals surface area contributed by atoms with E-state index in [4.69, 9.17) is 4.74 Å². The van der Waals surface area contributed by atoms with Crippen molar-refractivity contribution in [3.8, 4) is 0 Å². The summed E-state index contributed by atoms with van der Waals surface area (Å²) in [5.74, 6) is 1.13. The lowest BCUT2D eigenvalue weighted by atomic mass is 9.82. The highest BCUT2D eigenvalue weighted by Gasteiger charge is 2.26. The Bertz CT molecular complexity index is 235. The van der Waals surface area contributed by atoms with Crippen LogP contribution in [0, 0.1) is 11.8 Å². The lowest BCUT2D eigenvalue weighted by Crippen LogP contribution is -2.28. The molecule has 1 fully saturated rings. The first-order valence-corrected chi connectivity index (χ1v) is 5.91. The summed E-state index contributed by atoms with van der Waals surface area (Å²) in [6, 6.07) is 0. The van der Waals surface area contributed by atoms with Crippen LogP contribution in [0.2, 0.25) is 0 Å². The largest absolute Gasteiger partial charge is 0.459 e. The van der Waals surface area contributed by atoms with Crippen molar-refractivity contribution >= 4 is 5.97 Å². The van der Waals surface area contributed by atoms with Crippen molar-refractivity contribution in [1.29, 1.82) is 0 Å². The molecule has 0 bridgehead atoms. The molecule has 0 N–H and O–H groups in total. The normalized spacial score (nSPS) is 31.0. The molecule has 1 saturated carbocycles. The second-order valence-corrected chi connectivity index (χ2v) is 4.90. The molecule has 1 aliphatic rings. The molecular formula is C13H22O2. The van der Waals surface area contributed by atoms with E-state index in [1.54, 1.807) is 0 Å². The zero-order chi connectivity index (χ0) is 11.4. The maximum Gasteiger partial charge on any atom is 0.333 e. The third-order valence-electron chi connectivity index (χ3n) is 3.12. The van der Waals surface area contributed by atoms with Crippen LogP contribution in [-0.4, -0.2) is 12.1 Å². The van der Waals surface area contributed by atoms with Gasteiger partial charge in [0, 0.05) is 5.57 Å². The Morgan fingerprint density at radius 1 is 1.27 bits per heavy atom. The average molecular weight is 210 g/mol. The maximum atomic E-state index is 11.5. The van der Waals surface area contributed by atoms with Crippen molar-refractivity contribution in [1.82, 2.24) is 0 Å². The van der Waals surface area contributed by atoms with Crippen LogP contribution in [0.3, 0.4) is 0 Å². The highest BCUT2D eigenvalue weighted by atomic mass is 16.5. The molecule has 0 spiro atoms. The molecular weight excluding hydrogens is 188 g/mol. The Hall–Kier alpha value is -0.790. The van der Waals surface area contributed by atoms with Gasteiger partial charge in [-0.3, -0.25) is 0 Å². The van der Waals surface area contributed by atoms with Gasteiger partial charge in [0.1, 0.15) is 6.10 Å². The van der Waals surface area contributed by atoms with Gasteiger partial charge in [0.2, 0.25) is 0 Å². The minimum absolute atomic E-state index is 0.111. The number of ether oxygens (including phenoxy) is 1. The van der Waals surface area contributed by atoms with Gasteiger partial charge in [-0.15, -0.1) is 0 Å². The predicted molar refractivity (Wildman–Crippen MR) is 61.5 cm³/mol. The summed E-state index contributed by atoms with van der Waals surface area (Å²) in [6.07, 6.45) is 4.05. The van der Waals surface area contributed by atoms with E-state index in [-0.39, 0.29) is 12.1 Å². The standard InChI is InChI=1S/C13H22O2/c1-5-11(4)13(14)15-12-7-9(2)6-10(3)8-12/h9-10,12H,4-8H2,1-3H3. The zero-order valence-electron chi connectivity index (χ0n) is 10.1. The second-order valence-electron chi connectivity index (χ2n) is 4.90. The average Bonchev–Trinajstić information content (AvgIpc) is 2.14. The van der Waals surface area contributed by atoms with E-state index in [9.17, 15) is 4.79 Å². The van der Waals surface area contributed by atoms with Crippen molar-refractivity contribution < 1.29 is 9.53 Å². The fourth-order valence-corrected chi connectivity index (χ4v) is 2.35. The topological polar surface area (TPSA) is 26.3 Å². The molecule has 0 radical (unpaired) electrons. The Morgan fingerprint density at radius 2 is 1.80 bits per heavy atom. The molecule has 2 unspecified atom stereocenters. The number of esters is 1. The molecule has 0 aromatic heterocycles. The van der Waals surface area contributed by atoms with Crippen LogP contribution in [0.15, 0.2) is 12.2 Å². The Morgan fingerprint density at radius 3 is 2.27 bits per heavy atom. The molecule has 1 rings (SSSR count). The molecule has 0 aliphatic heterocycles. The molecule has 0 saturated heterocycles. The molecule has 2 heteroatoms. The van der Waals surface area contributed by atoms with Gasteiger partial charge in [-0.2, -0.15) is 0 Å². The van der Waals surface area contributed by atoms with Crippen LogP contribution in [0.4, 0.5) is 0 Å². The number of hydrogen-bond acceptors (Lipinski definition) is 2. The summed E-state index contributed by atoms with van der Waals surface area (Å²) in [4.78, 5) is 11.5. The number of hydrogen-bond donors (Lipinski definition) is 0. The molecule has 0 aromatic rings. The summed E-state index contributed by atoms with van der Waals surface area (Å²) in [7, 11) is 0. The van der Waals surface area contributed by atoms with E-state index in [2.05, 4.69) is 20.4 Å². The fraction of sp³-hybridized carbons (Fsp3) is 0.769. The molecule has 86 valence electrons. The van der Waals surface area contributed by atoms with E-state index >= 15 is 0 Å². The van der Waals surface area contributed by atoms with Crippen LogP contribution < -0.4 is 0 Å². The minimum atomic E-state index is -0.205. The van der Waals surface area contributed by atoms with E-state index in [0.29, 0.717) is 23.8 Å². The number of carbonyl (C=O) groups is 1. The van der Waals surface area contributed by atoms with Crippen LogP contribution in [-0.2, 0) is 9.53 Å². The Balaban J connectivity index is 2.44. The van der Waals surface area contributed by atoms with Crippen molar-refractivity contribution in [2.24, 2.45) is 11.8 Å². The third kappa shape index (κ3) is 3.69. The van der Waals surface area contributed by atoms with Gasteiger partial charge in [-0.05, 0) is 37.5 Å². The van der Waals surface area contributed by atoms with Gasteiger partial charge in [-0.1, -0.05) is 27.4 Å². The van der Waals surface area contributed by atoms with Crippen molar-refractivity contribution in [3.05, 3.63) is 12.2 Å². The molecule has 2 nitrogen and oxygen atoms in total. The number of carbonyl (C=O) groups excluding carboxylic acids is 1. The molecule has 15 heavy (non-hydrogen) atoms. The fourth-order valence-electron chi connectivity index (χ4n) is 2.35. The SMILES string of the molecule is C=C(CC)C(=O)OC1CC(C)CC(C)C1. The minimum Gasteiger partial charge on any atom is -0.459 e. The first-order valence-electron chi connectivity index (χ1n) is 5.91. The van der Waals surface area contributed by atoms with Crippen molar-refractivity contribution in [2.75, 3.05) is 0 Å². The molecule has 2 atom stereocenters. The Labute approximate surface area is 92.7 Å². The highest BCUT2D eigenvalue weighted by molar-refractivity contribution is 5.87. The van der Waals surface area contributed by atoms with Gasteiger partial charge < -0.3 is 4.74 Å². The number of rotatable bonds is 3. The van der Waals surface area contributed by atoms with E-state index in [1.165, 1.54) is 6.42 Å². The first-order chi connectivity index (χ1) is 7.02. The van der Waals surface area contributed by atoms with Crippen LogP contribution >= 0.6 is 0 Å². The molecule has 0 amide bonds. The second kappa shape index (κ2) is 5.34. The summed E-state index contributed by atoms with van der Waals surface area (Å²) in [6.45, 7) is 10.1. The Kier molecular flexibility index (Phi) is 4.37. The lowest BCUT2D eigenvalue weighted by Gasteiger charge is -2.31. The molecule has 0 heterocycles. The van der Waals surface area contributed by atoms with Gasteiger partial charge in [0.25, 0.3) is 0 Å². The van der Waals surface area contributed by atoms with Crippen molar-refractivity contribution in [3.63, 3.8) is 0 Å². The predicted octanol–water partition coefficient (Wildman–Crippen LogP) is 3.32. The highest BCUT2D eigenvalue weighted by Crippen LogP contribution is 2.30. The molecule has 0 aromatic carbocycles. The van der Waals surface area contributed by atoms with Gasteiger partial charge >= 0.3 is 5.97 Å². The maximum absolute atomic E-state index is 11.5. The van der Waals surface area contributed by atoms with Crippen molar-refractivity contribution in [2.45, 2.75) is 52.6 Å². The van der Waals surface area contributed by atoms with Crippen LogP contribution in [0.5, 0.6) is 0 Å². The van der Waals surface area contributed by atoms with Gasteiger partial charge in [0.05, 0.1) is 0 Å². The van der Waals surface area contributed by atoms with E-state index < -0.39 is 0 Å². The summed E-state index contributed by atoms with van der Waals surface area (Å²) < 4.78 is 5.45. The van der Waals surface area contributed by atoms with Crippen LogP contribution in [0.1, 0.15) is 46.5 Å². The van der Waals surface area contributed by atoms with Gasteiger partial charge in [-0.25, -0.2) is 4.79 Å². The van der Waals surface area contributed by atoms with E-state index in [0.717, 1.165) is 12.8 Å². The molecule has 1 aliphatic carbocycles. The first kappa shape index (κ1) is 12.3. The smallest absolute Gasteiger partial charge is 0.333 e. The summed E-state index contributed by atoms with van der Waals surface area (Å²) in [5.41, 5.74) is 0.584. The lowest BCUT2D eigenvalue weighted by molar-refractivity contribution is -0.147. The van der Waals surface area contributed by atoms with Gasteiger partial charge in [0.15, 0.2) is 0 Å². The van der Waals surface area contributed by atoms with Crippen LogP contribution in [0.25, 0.3) is 0 Å². The quantitative estimate of drug-likeness (QED) is 0.527.